The number of imidazole rings is 1. The number of hydrogen-bond acceptors (Lipinski definition) is 5. The van der Waals surface area contributed by atoms with E-state index in [0.29, 0.717) is 41.9 Å². The number of phenols is 1. The Morgan fingerprint density at radius 3 is 1.84 bits per heavy atom. The number of para-hydroxylation sites is 1. The van der Waals surface area contributed by atoms with Crippen LogP contribution in [0.1, 0.15) is 66.1 Å². The number of phenolic OH excluding ortho intramolecular Hbond substituents is 1. The molecule has 8 nitrogen and oxygen atoms in total. The lowest BCUT2D eigenvalue weighted by atomic mass is 9.85. The molecule has 262 valence electrons. The molecule has 0 radical (unpaired) electrons. The first-order chi connectivity index (χ1) is 23.7. The minimum absolute atomic E-state index is 0.0304. The van der Waals surface area contributed by atoms with Crippen LogP contribution in [0.4, 0.5) is 13.2 Å². The van der Waals surface area contributed by atoms with E-state index in [1.807, 2.05) is 24.3 Å². The second-order valence-corrected chi connectivity index (χ2v) is 15.1. The van der Waals surface area contributed by atoms with Gasteiger partial charge in [0, 0.05) is 41.0 Å². The summed E-state index contributed by atoms with van der Waals surface area (Å²) >= 11 is 12.5. The molecule has 1 aromatic heterocycles. The molecule has 4 aromatic carbocycles. The zero-order valence-corrected chi connectivity index (χ0v) is 28.7. The molecule has 0 atom stereocenters. The summed E-state index contributed by atoms with van der Waals surface area (Å²) in [5.41, 5.74) is 5.43. The maximum atomic E-state index is 13.4. The number of fused-ring (bicyclic) bond motifs is 1. The summed E-state index contributed by atoms with van der Waals surface area (Å²) in [4.78, 5) is 14.0. The number of aromatic hydroxyl groups is 1. The van der Waals surface area contributed by atoms with Crippen molar-refractivity contribution in [1.82, 2.24) is 13.9 Å². The van der Waals surface area contributed by atoms with Crippen LogP contribution in [0.25, 0.3) is 11.0 Å². The van der Waals surface area contributed by atoms with Crippen molar-refractivity contribution in [3.63, 3.8) is 0 Å². The monoisotopic (exact) mass is 745 g/mol. The largest absolute Gasteiger partial charge is 0.507 e. The van der Waals surface area contributed by atoms with E-state index in [9.17, 15) is 26.7 Å². The predicted octanol–water partition coefficient (Wildman–Crippen LogP) is 8.77. The number of aromatic nitrogens is 2. The molecular formula is C36H32Cl2F3N3O5S. The SMILES string of the molecule is O=C(O)C(F)(F)F.O=S(=O)(c1ccccc1O)N1CCC(n2c(C3CC3)nc3ccc(C(c4ccc(Cl)cc4)c4ccc(Cl)cc4)cc32)CC1. The third kappa shape index (κ3) is 7.63. The van der Waals surface area contributed by atoms with Gasteiger partial charge in [0.2, 0.25) is 10.0 Å². The molecule has 2 fully saturated rings. The second-order valence-electron chi connectivity index (χ2n) is 12.3. The van der Waals surface area contributed by atoms with Crippen LogP contribution in [0.2, 0.25) is 10.0 Å². The summed E-state index contributed by atoms with van der Waals surface area (Å²) in [5, 5.41) is 18.7. The smallest absolute Gasteiger partial charge is 0.490 e. The van der Waals surface area contributed by atoms with E-state index in [1.54, 1.807) is 12.1 Å². The standard InChI is InChI=1S/C34H31Cl2N3O3S.C2HF3O2/c35-26-12-7-22(8-13-26)33(23-9-14-27(36)15-10-23)25-11-16-29-30(21-25)39(34(37-29)24-5-6-24)28-17-19-38(20-18-28)43(41,42)32-4-2-1-3-31(32)40;3-2(4,5)1(6)7/h1-4,7-16,21,24,28,33,40H,5-6,17-20H2;(H,6,7). The highest BCUT2D eigenvalue weighted by atomic mass is 35.5. The number of hydrogen-bond donors (Lipinski definition) is 2. The van der Waals surface area contributed by atoms with Gasteiger partial charge in [-0.3, -0.25) is 0 Å². The fraction of sp³-hybridized carbons (Fsp3) is 0.278. The number of halogens is 5. The minimum Gasteiger partial charge on any atom is -0.507 e. The van der Waals surface area contributed by atoms with Crippen molar-refractivity contribution >= 4 is 50.2 Å². The molecule has 0 bridgehead atoms. The van der Waals surface area contributed by atoms with Gasteiger partial charge in [0.1, 0.15) is 16.5 Å². The fourth-order valence-electron chi connectivity index (χ4n) is 6.36. The van der Waals surface area contributed by atoms with Crippen LogP contribution in [-0.4, -0.2) is 57.7 Å². The highest BCUT2D eigenvalue weighted by Crippen LogP contribution is 2.44. The fourth-order valence-corrected chi connectivity index (χ4v) is 8.17. The van der Waals surface area contributed by atoms with Gasteiger partial charge in [0.15, 0.2) is 0 Å². The molecule has 2 heterocycles. The second kappa shape index (κ2) is 14.3. The summed E-state index contributed by atoms with van der Waals surface area (Å²) in [6, 6.07) is 28.8. The number of alkyl halides is 3. The molecule has 2 N–H and O–H groups in total. The molecule has 1 saturated carbocycles. The Morgan fingerprint density at radius 1 is 0.820 bits per heavy atom. The molecule has 14 heteroatoms. The Balaban J connectivity index is 0.000000561. The number of carboxylic acids is 1. The van der Waals surface area contributed by atoms with Crippen LogP contribution < -0.4 is 0 Å². The molecular weight excluding hydrogens is 714 g/mol. The molecule has 0 amide bonds. The molecule has 0 unspecified atom stereocenters. The van der Waals surface area contributed by atoms with Gasteiger partial charge in [-0.05, 0) is 90.9 Å². The lowest BCUT2D eigenvalue weighted by Gasteiger charge is -2.33. The number of aliphatic carboxylic acids is 1. The van der Waals surface area contributed by atoms with Gasteiger partial charge in [0.25, 0.3) is 0 Å². The average molecular weight is 747 g/mol. The van der Waals surface area contributed by atoms with E-state index in [-0.39, 0.29) is 22.6 Å². The van der Waals surface area contributed by atoms with E-state index >= 15 is 0 Å². The topological polar surface area (TPSA) is 113 Å². The first kappa shape index (κ1) is 35.7. The number of piperidine rings is 1. The number of sulfonamides is 1. The summed E-state index contributed by atoms with van der Waals surface area (Å²) in [6.07, 6.45) is -1.51. The van der Waals surface area contributed by atoms with Crippen molar-refractivity contribution in [3.05, 3.63) is 124 Å². The van der Waals surface area contributed by atoms with Gasteiger partial charge in [-0.15, -0.1) is 0 Å². The molecule has 7 rings (SSSR count). The Labute approximate surface area is 296 Å². The van der Waals surface area contributed by atoms with Crippen LogP contribution in [0.15, 0.2) is 95.9 Å². The van der Waals surface area contributed by atoms with Crippen LogP contribution in [0.3, 0.4) is 0 Å². The van der Waals surface area contributed by atoms with Crippen LogP contribution in [-0.2, 0) is 14.8 Å². The van der Waals surface area contributed by atoms with E-state index < -0.39 is 22.2 Å². The number of carbonyl (C=O) groups is 1. The first-order valence-electron chi connectivity index (χ1n) is 15.8. The van der Waals surface area contributed by atoms with Crippen molar-refractivity contribution in [3.8, 4) is 5.75 Å². The van der Waals surface area contributed by atoms with Crippen molar-refractivity contribution in [2.45, 2.75) is 54.6 Å². The minimum atomic E-state index is -5.08. The third-order valence-electron chi connectivity index (χ3n) is 8.94. The molecule has 1 saturated heterocycles. The number of carboxylic acid groups (broad SMARTS) is 1. The highest BCUT2D eigenvalue weighted by molar-refractivity contribution is 7.89. The van der Waals surface area contributed by atoms with Gasteiger partial charge in [-0.2, -0.15) is 17.5 Å². The van der Waals surface area contributed by atoms with Crippen molar-refractivity contribution < 1.29 is 36.6 Å². The quantitative estimate of drug-likeness (QED) is 0.161. The van der Waals surface area contributed by atoms with Gasteiger partial charge in [0.05, 0.1) is 11.0 Å². The average Bonchev–Trinajstić information content (AvgIpc) is 3.86. The molecule has 1 aliphatic heterocycles. The summed E-state index contributed by atoms with van der Waals surface area (Å²) < 4.78 is 62.3. The molecule has 50 heavy (non-hydrogen) atoms. The van der Waals surface area contributed by atoms with Crippen molar-refractivity contribution in [2.75, 3.05) is 13.1 Å². The van der Waals surface area contributed by atoms with Gasteiger partial charge < -0.3 is 14.8 Å². The van der Waals surface area contributed by atoms with Crippen LogP contribution in [0.5, 0.6) is 5.75 Å². The van der Waals surface area contributed by atoms with Crippen molar-refractivity contribution in [1.29, 1.82) is 0 Å². The van der Waals surface area contributed by atoms with Crippen LogP contribution in [0, 0.1) is 0 Å². The Kier molecular flexibility index (Phi) is 10.2. The zero-order chi connectivity index (χ0) is 35.8. The molecule has 0 spiro atoms. The lowest BCUT2D eigenvalue weighted by molar-refractivity contribution is -0.192. The zero-order valence-electron chi connectivity index (χ0n) is 26.4. The van der Waals surface area contributed by atoms with Gasteiger partial charge in [-0.25, -0.2) is 18.2 Å². The maximum absolute atomic E-state index is 13.4. The molecule has 1 aliphatic carbocycles. The van der Waals surface area contributed by atoms with E-state index in [4.69, 9.17) is 38.1 Å². The van der Waals surface area contributed by atoms with E-state index in [0.717, 1.165) is 46.4 Å². The van der Waals surface area contributed by atoms with E-state index in [2.05, 4.69) is 47.0 Å². The van der Waals surface area contributed by atoms with Crippen LogP contribution >= 0.6 is 23.2 Å². The number of rotatable bonds is 7. The number of nitrogens with zero attached hydrogens (tertiary/aromatic N) is 3. The Morgan fingerprint density at radius 2 is 1.34 bits per heavy atom. The van der Waals surface area contributed by atoms with Gasteiger partial charge >= 0.3 is 12.1 Å². The van der Waals surface area contributed by atoms with Crippen molar-refractivity contribution in [2.24, 2.45) is 0 Å². The third-order valence-corrected chi connectivity index (χ3v) is 11.4. The van der Waals surface area contributed by atoms with Gasteiger partial charge in [-0.1, -0.05) is 65.7 Å². The maximum Gasteiger partial charge on any atom is 0.490 e. The Hall–Kier alpha value is -4.10. The summed E-state index contributed by atoms with van der Waals surface area (Å²) in [6.45, 7) is 0.756. The predicted molar refractivity (Wildman–Crippen MR) is 184 cm³/mol. The highest BCUT2D eigenvalue weighted by Gasteiger charge is 2.38. The normalized spacial score (nSPS) is 16.0. The lowest BCUT2D eigenvalue weighted by Crippen LogP contribution is -2.39. The summed E-state index contributed by atoms with van der Waals surface area (Å²) in [5.74, 6) is -1.47. The molecule has 2 aliphatic rings. The molecule has 5 aromatic rings. The first-order valence-corrected chi connectivity index (χ1v) is 18.0. The summed E-state index contributed by atoms with van der Waals surface area (Å²) in [7, 11) is -3.79. The number of benzene rings is 4. The van der Waals surface area contributed by atoms with E-state index in [1.165, 1.54) is 16.4 Å². The Bertz CT molecular complexity index is 2070.